The Kier molecular flexibility index (Phi) is 4.46. The van der Waals surface area contributed by atoms with Crippen LogP contribution >= 0.6 is 30.2 Å². The number of anilines is 3. The number of nitrogens with zero attached hydrogens (tertiary/aromatic N) is 1. The van der Waals surface area contributed by atoms with Gasteiger partial charge in [-0.2, -0.15) is 0 Å². The van der Waals surface area contributed by atoms with Crippen LogP contribution in [0, 0.1) is 0 Å². The monoisotopic (exact) mass is 439 g/mol. The first-order valence-corrected chi connectivity index (χ1v) is 13.0. The Bertz CT molecular complexity index is 1340. The van der Waals surface area contributed by atoms with Crippen LogP contribution in [0.4, 0.5) is 17.1 Å². The average molecular weight is 440 g/mol. The van der Waals surface area contributed by atoms with Gasteiger partial charge in [0, 0.05) is 27.3 Å². The van der Waals surface area contributed by atoms with Gasteiger partial charge in [0.05, 0.1) is 9.40 Å². The molecule has 0 aliphatic rings. The van der Waals surface area contributed by atoms with Crippen LogP contribution in [0.2, 0.25) is 0 Å². The van der Waals surface area contributed by atoms with Gasteiger partial charge in [-0.15, -0.1) is 22.7 Å². The van der Waals surface area contributed by atoms with Crippen molar-refractivity contribution in [3.63, 3.8) is 0 Å². The Morgan fingerprint density at radius 3 is 1.47 bits per heavy atom. The van der Waals surface area contributed by atoms with Crippen molar-refractivity contribution < 1.29 is 0 Å². The molecule has 3 aromatic carbocycles. The van der Waals surface area contributed by atoms with Crippen LogP contribution in [0.3, 0.4) is 0 Å². The molecule has 0 aliphatic heterocycles. The highest BCUT2D eigenvalue weighted by Gasteiger charge is 2.16. The van der Waals surface area contributed by atoms with E-state index in [-0.39, 0.29) is 0 Å². The van der Waals surface area contributed by atoms with Gasteiger partial charge < -0.3 is 4.90 Å². The highest BCUT2D eigenvalue weighted by atomic mass is 32.1. The molecule has 3 heterocycles. The first kappa shape index (κ1) is 18.0. The van der Waals surface area contributed by atoms with E-state index in [0.29, 0.717) is 0 Å². The van der Waals surface area contributed by atoms with Crippen LogP contribution in [-0.2, 0) is 0 Å². The fraction of sp³-hybridized carbons (Fsp3) is 0. The molecular formula is C26H18NPS2. The quantitative estimate of drug-likeness (QED) is 0.264. The third-order valence-electron chi connectivity index (χ3n) is 5.37. The van der Waals surface area contributed by atoms with Crippen LogP contribution in [0.1, 0.15) is 0 Å². The number of hydrogen-bond donors (Lipinski definition) is 0. The molecule has 3 aromatic heterocycles. The number of thiophene rings is 2. The molecule has 30 heavy (non-hydrogen) atoms. The Labute approximate surface area is 184 Å². The van der Waals surface area contributed by atoms with E-state index < -0.39 is 7.53 Å². The van der Waals surface area contributed by atoms with E-state index in [1.54, 1.807) is 0 Å². The topological polar surface area (TPSA) is 3.24 Å². The van der Waals surface area contributed by atoms with Crippen molar-refractivity contribution in [1.29, 1.82) is 0 Å². The van der Waals surface area contributed by atoms with Crippen LogP contribution in [0.25, 0.3) is 24.9 Å². The zero-order valence-electron chi connectivity index (χ0n) is 16.1. The van der Waals surface area contributed by atoms with Crippen molar-refractivity contribution in [1.82, 2.24) is 0 Å². The largest absolute Gasteiger partial charge is 0.311 e. The number of benzene rings is 3. The summed E-state index contributed by atoms with van der Waals surface area (Å²) in [4.78, 5) is 2.32. The summed E-state index contributed by atoms with van der Waals surface area (Å²) in [6.45, 7) is 0. The lowest BCUT2D eigenvalue weighted by Gasteiger charge is -2.25. The Hall–Kier alpha value is -2.84. The summed E-state index contributed by atoms with van der Waals surface area (Å²) in [5, 5.41) is 8.94. The fourth-order valence-corrected chi connectivity index (χ4v) is 9.39. The lowest BCUT2D eigenvalue weighted by Crippen LogP contribution is -2.09. The number of para-hydroxylation sites is 2. The molecule has 6 aromatic rings. The van der Waals surface area contributed by atoms with E-state index in [1.807, 2.05) is 22.7 Å². The first-order valence-electron chi connectivity index (χ1n) is 9.86. The highest BCUT2D eigenvalue weighted by Crippen LogP contribution is 2.58. The average Bonchev–Trinajstić information content (AvgIpc) is 3.51. The summed E-state index contributed by atoms with van der Waals surface area (Å²) >= 11 is 3.76. The zero-order chi connectivity index (χ0) is 19.9. The maximum absolute atomic E-state index is 2.33. The molecule has 0 bridgehead atoms. The van der Waals surface area contributed by atoms with E-state index in [4.69, 9.17) is 0 Å². The molecular weight excluding hydrogens is 421 g/mol. The summed E-state index contributed by atoms with van der Waals surface area (Å²) in [5.74, 6) is 0. The second-order valence-corrected chi connectivity index (χ2v) is 11.1. The minimum Gasteiger partial charge on any atom is -0.311 e. The molecule has 0 aliphatic carbocycles. The molecule has 144 valence electrons. The summed E-state index contributed by atoms with van der Waals surface area (Å²) in [7, 11) is -0.436. The molecule has 6 rings (SSSR count). The van der Waals surface area contributed by atoms with Gasteiger partial charge in [-0.1, -0.05) is 43.9 Å². The van der Waals surface area contributed by atoms with Crippen LogP contribution < -0.4 is 4.90 Å². The standard InChI is InChI=1S/C26H18NPS2/c1-3-7-19(8-4-1)27(20-9-5-2-6-10-20)21-11-13-22(14-12-21)28-23-15-17-29-25(23)26-24(28)16-18-30-26/h1-18H. The minimum absolute atomic E-state index is 0.436. The van der Waals surface area contributed by atoms with E-state index in [9.17, 15) is 0 Å². The lowest BCUT2D eigenvalue weighted by atomic mass is 10.2. The van der Waals surface area contributed by atoms with Gasteiger partial charge >= 0.3 is 0 Å². The van der Waals surface area contributed by atoms with E-state index in [0.717, 1.165) is 0 Å². The second-order valence-electron chi connectivity index (χ2n) is 7.13. The smallest absolute Gasteiger partial charge is 0.0567 e. The van der Waals surface area contributed by atoms with Crippen molar-refractivity contribution in [2.24, 2.45) is 0 Å². The molecule has 4 heteroatoms. The Morgan fingerprint density at radius 1 is 0.500 bits per heavy atom. The van der Waals surface area contributed by atoms with Gasteiger partial charge in [0.1, 0.15) is 0 Å². The highest BCUT2D eigenvalue weighted by molar-refractivity contribution is 7.69. The Balaban J connectivity index is 1.48. The predicted molar refractivity (Wildman–Crippen MR) is 136 cm³/mol. The van der Waals surface area contributed by atoms with Crippen molar-refractivity contribution in [2.45, 2.75) is 0 Å². The van der Waals surface area contributed by atoms with Gasteiger partial charge in [-0.05, 0) is 76.7 Å². The molecule has 0 unspecified atom stereocenters. The number of rotatable bonds is 4. The molecule has 0 amide bonds. The number of hydrogen-bond acceptors (Lipinski definition) is 3. The van der Waals surface area contributed by atoms with Crippen LogP contribution in [-0.4, -0.2) is 0 Å². The van der Waals surface area contributed by atoms with E-state index >= 15 is 0 Å². The molecule has 0 atom stereocenters. The molecule has 0 N–H and O–H groups in total. The van der Waals surface area contributed by atoms with E-state index in [2.05, 4.69) is 113 Å². The third-order valence-corrected chi connectivity index (χ3v) is 10.2. The predicted octanol–water partition coefficient (Wildman–Crippen LogP) is 9.56. The summed E-state index contributed by atoms with van der Waals surface area (Å²) in [6, 6.07) is 35.0. The van der Waals surface area contributed by atoms with Crippen molar-refractivity contribution in [3.05, 3.63) is 108 Å². The van der Waals surface area contributed by atoms with Crippen molar-refractivity contribution in [3.8, 4) is 5.30 Å². The summed E-state index contributed by atoms with van der Waals surface area (Å²) in [5.41, 5.74) is 3.52. The van der Waals surface area contributed by atoms with Crippen molar-refractivity contribution in [2.75, 3.05) is 4.90 Å². The molecule has 0 radical (unpaired) electrons. The molecule has 0 saturated heterocycles. The first-order chi connectivity index (χ1) is 14.9. The molecule has 0 spiro atoms. The zero-order valence-corrected chi connectivity index (χ0v) is 18.6. The van der Waals surface area contributed by atoms with Crippen molar-refractivity contribution >= 4 is 66.9 Å². The maximum atomic E-state index is 2.33. The Morgan fingerprint density at radius 2 is 0.967 bits per heavy atom. The summed E-state index contributed by atoms with van der Waals surface area (Å²) < 4.78 is 2.95. The minimum atomic E-state index is -0.436. The lowest BCUT2D eigenvalue weighted by molar-refractivity contribution is 1.28. The molecule has 0 saturated carbocycles. The van der Waals surface area contributed by atoms with Gasteiger partial charge in [-0.25, -0.2) is 0 Å². The third kappa shape index (κ3) is 2.90. The normalized spacial score (nSPS) is 11.3. The maximum Gasteiger partial charge on any atom is 0.0567 e. The number of fused-ring (bicyclic) bond motifs is 3. The van der Waals surface area contributed by atoms with Gasteiger partial charge in [0.15, 0.2) is 0 Å². The fourth-order valence-electron chi connectivity index (χ4n) is 4.06. The summed E-state index contributed by atoms with van der Waals surface area (Å²) in [6.07, 6.45) is 0. The van der Waals surface area contributed by atoms with Crippen LogP contribution in [0.15, 0.2) is 108 Å². The van der Waals surface area contributed by atoms with Gasteiger partial charge in [0.25, 0.3) is 0 Å². The van der Waals surface area contributed by atoms with E-state index in [1.165, 1.54) is 42.0 Å². The second kappa shape index (κ2) is 7.45. The van der Waals surface area contributed by atoms with Gasteiger partial charge in [-0.3, -0.25) is 0 Å². The van der Waals surface area contributed by atoms with Gasteiger partial charge in [0.2, 0.25) is 0 Å². The molecule has 1 nitrogen and oxygen atoms in total. The van der Waals surface area contributed by atoms with Crippen LogP contribution in [0.5, 0.6) is 0 Å². The molecule has 0 fully saturated rings. The SMILES string of the molecule is c1ccc(N(c2ccccc2)c2ccc(-p3c4ccsc4c4sccc43)cc2)cc1.